The van der Waals surface area contributed by atoms with Crippen LogP contribution in [0.1, 0.15) is 17.3 Å². The first kappa shape index (κ1) is 18.0. The van der Waals surface area contributed by atoms with E-state index in [0.717, 1.165) is 10.9 Å². The summed E-state index contributed by atoms with van der Waals surface area (Å²) in [6.45, 7) is 2.33. The fourth-order valence-electron chi connectivity index (χ4n) is 2.64. The van der Waals surface area contributed by atoms with Crippen LogP contribution in [0.5, 0.6) is 5.75 Å². The van der Waals surface area contributed by atoms with E-state index in [2.05, 4.69) is 10.3 Å². The first-order chi connectivity index (χ1) is 12.4. The summed E-state index contributed by atoms with van der Waals surface area (Å²) >= 11 is 0. The SMILES string of the molecule is CCOc1ccc(S(=O)(=O)NNC(=O)c2cn(C)c3ccccc23)cc1. The molecule has 0 radical (unpaired) electrons. The highest BCUT2D eigenvalue weighted by atomic mass is 32.2. The predicted molar refractivity (Wildman–Crippen MR) is 98.3 cm³/mol. The number of aromatic nitrogens is 1. The highest BCUT2D eigenvalue weighted by molar-refractivity contribution is 7.89. The zero-order valence-electron chi connectivity index (χ0n) is 14.4. The highest BCUT2D eigenvalue weighted by Crippen LogP contribution is 2.20. The van der Waals surface area contributed by atoms with Gasteiger partial charge in [0.05, 0.1) is 17.1 Å². The van der Waals surface area contributed by atoms with Crippen molar-refractivity contribution in [1.82, 2.24) is 14.8 Å². The minimum atomic E-state index is -3.89. The number of aryl methyl sites for hydroxylation is 1. The molecule has 26 heavy (non-hydrogen) atoms. The van der Waals surface area contributed by atoms with Gasteiger partial charge in [-0.05, 0) is 37.3 Å². The largest absolute Gasteiger partial charge is 0.494 e. The van der Waals surface area contributed by atoms with Crippen molar-refractivity contribution in [2.75, 3.05) is 6.61 Å². The fraction of sp³-hybridized carbons (Fsp3) is 0.167. The Morgan fingerprint density at radius 3 is 2.50 bits per heavy atom. The number of nitrogens with one attached hydrogen (secondary N) is 2. The van der Waals surface area contributed by atoms with Crippen molar-refractivity contribution >= 4 is 26.8 Å². The number of hydrazine groups is 1. The van der Waals surface area contributed by atoms with Crippen LogP contribution >= 0.6 is 0 Å². The van der Waals surface area contributed by atoms with Crippen molar-refractivity contribution in [3.63, 3.8) is 0 Å². The molecule has 0 saturated carbocycles. The topological polar surface area (TPSA) is 89.4 Å². The number of carbonyl (C=O) groups is 1. The lowest BCUT2D eigenvalue weighted by Crippen LogP contribution is -2.41. The van der Waals surface area contributed by atoms with Crippen LogP contribution in [0, 0.1) is 0 Å². The van der Waals surface area contributed by atoms with Gasteiger partial charge in [-0.3, -0.25) is 10.2 Å². The molecule has 0 bridgehead atoms. The second-order valence-corrected chi connectivity index (χ2v) is 7.32. The molecule has 1 heterocycles. The van der Waals surface area contributed by atoms with Crippen molar-refractivity contribution in [2.24, 2.45) is 7.05 Å². The summed E-state index contributed by atoms with van der Waals surface area (Å²) in [4.78, 5) is 14.6. The number of hydrogen-bond donors (Lipinski definition) is 2. The molecule has 0 unspecified atom stereocenters. The van der Waals surface area contributed by atoms with Crippen molar-refractivity contribution in [1.29, 1.82) is 0 Å². The number of rotatable bonds is 6. The molecule has 1 aromatic heterocycles. The maximum Gasteiger partial charge on any atom is 0.268 e. The van der Waals surface area contributed by atoms with E-state index in [4.69, 9.17) is 4.74 Å². The van der Waals surface area contributed by atoms with Crippen LogP contribution in [0.15, 0.2) is 59.6 Å². The Labute approximate surface area is 151 Å². The average molecular weight is 373 g/mol. The van der Waals surface area contributed by atoms with Gasteiger partial charge in [0.15, 0.2) is 0 Å². The molecule has 3 rings (SSSR count). The lowest BCUT2D eigenvalue weighted by molar-refractivity contribution is 0.0946. The Bertz CT molecular complexity index is 1040. The van der Waals surface area contributed by atoms with Gasteiger partial charge in [-0.15, -0.1) is 4.83 Å². The molecule has 0 atom stereocenters. The number of sulfonamides is 1. The van der Waals surface area contributed by atoms with Crippen LogP contribution in [-0.4, -0.2) is 25.5 Å². The van der Waals surface area contributed by atoms with E-state index in [9.17, 15) is 13.2 Å². The Hall–Kier alpha value is -2.84. The molecule has 2 N–H and O–H groups in total. The van der Waals surface area contributed by atoms with Crippen LogP contribution in [0.4, 0.5) is 0 Å². The number of carbonyl (C=O) groups excluding carboxylic acids is 1. The standard InChI is InChI=1S/C18H19N3O4S/c1-3-25-13-8-10-14(11-9-13)26(23,24)20-19-18(22)16-12-21(2)17-7-5-4-6-15(16)17/h4-12,20H,3H2,1-2H3,(H,19,22). The van der Waals surface area contributed by atoms with Crippen molar-refractivity contribution < 1.29 is 17.9 Å². The Morgan fingerprint density at radius 1 is 1.12 bits per heavy atom. The van der Waals surface area contributed by atoms with E-state index in [1.165, 1.54) is 12.1 Å². The normalized spacial score (nSPS) is 11.5. The van der Waals surface area contributed by atoms with E-state index in [-0.39, 0.29) is 4.90 Å². The molecule has 0 aliphatic heterocycles. The van der Waals surface area contributed by atoms with Gasteiger partial charge in [-0.2, -0.15) is 0 Å². The number of nitrogens with zero attached hydrogens (tertiary/aromatic N) is 1. The van der Waals surface area contributed by atoms with Gasteiger partial charge in [-0.1, -0.05) is 18.2 Å². The monoisotopic (exact) mass is 373 g/mol. The molecule has 8 heteroatoms. The van der Waals surface area contributed by atoms with E-state index in [1.807, 2.05) is 42.8 Å². The highest BCUT2D eigenvalue weighted by Gasteiger charge is 2.18. The van der Waals surface area contributed by atoms with Gasteiger partial charge in [0.1, 0.15) is 5.75 Å². The Kier molecular flexibility index (Phi) is 4.97. The number of benzene rings is 2. The first-order valence-electron chi connectivity index (χ1n) is 8.01. The summed E-state index contributed by atoms with van der Waals surface area (Å²) in [6.07, 6.45) is 1.66. The van der Waals surface area contributed by atoms with Gasteiger partial charge in [0.25, 0.3) is 15.9 Å². The smallest absolute Gasteiger partial charge is 0.268 e. The maximum absolute atomic E-state index is 12.4. The molecule has 1 amide bonds. The third-order valence-electron chi connectivity index (χ3n) is 3.89. The van der Waals surface area contributed by atoms with Crippen LogP contribution in [-0.2, 0) is 17.1 Å². The number of para-hydroxylation sites is 1. The lowest BCUT2D eigenvalue weighted by atomic mass is 10.2. The van der Waals surface area contributed by atoms with Gasteiger partial charge in [0, 0.05) is 24.1 Å². The summed E-state index contributed by atoms with van der Waals surface area (Å²) in [5.41, 5.74) is 3.53. The van der Waals surface area contributed by atoms with Crippen LogP contribution in [0.2, 0.25) is 0 Å². The first-order valence-corrected chi connectivity index (χ1v) is 9.50. The molecule has 2 aromatic carbocycles. The lowest BCUT2D eigenvalue weighted by Gasteiger charge is -2.09. The molecular weight excluding hydrogens is 354 g/mol. The Balaban J connectivity index is 1.75. The fourth-order valence-corrected chi connectivity index (χ4v) is 3.48. The maximum atomic E-state index is 12.4. The summed E-state index contributed by atoms with van der Waals surface area (Å²) in [6, 6.07) is 13.3. The summed E-state index contributed by atoms with van der Waals surface area (Å²) in [7, 11) is -2.06. The van der Waals surface area contributed by atoms with Crippen molar-refractivity contribution in [3.8, 4) is 5.75 Å². The molecular formula is C18H19N3O4S. The van der Waals surface area contributed by atoms with Gasteiger partial charge >= 0.3 is 0 Å². The summed E-state index contributed by atoms with van der Waals surface area (Å²) < 4.78 is 31.8. The molecule has 0 fully saturated rings. The molecule has 0 aliphatic rings. The van der Waals surface area contributed by atoms with Crippen LogP contribution in [0.3, 0.4) is 0 Å². The minimum absolute atomic E-state index is 0.0270. The number of amides is 1. The van der Waals surface area contributed by atoms with Gasteiger partial charge < -0.3 is 9.30 Å². The third-order valence-corrected chi connectivity index (χ3v) is 5.15. The van der Waals surface area contributed by atoms with E-state index in [0.29, 0.717) is 17.9 Å². The third kappa shape index (κ3) is 3.56. The second kappa shape index (κ2) is 7.19. The Morgan fingerprint density at radius 2 is 1.81 bits per heavy atom. The molecule has 0 saturated heterocycles. The quantitative estimate of drug-likeness (QED) is 0.648. The average Bonchev–Trinajstić information content (AvgIpc) is 2.98. The second-order valence-electron chi connectivity index (χ2n) is 5.63. The van der Waals surface area contributed by atoms with E-state index < -0.39 is 15.9 Å². The molecule has 3 aromatic rings. The zero-order valence-corrected chi connectivity index (χ0v) is 15.2. The molecule has 0 aliphatic carbocycles. The van der Waals surface area contributed by atoms with Crippen molar-refractivity contribution in [3.05, 3.63) is 60.3 Å². The molecule has 136 valence electrons. The molecule has 7 nitrogen and oxygen atoms in total. The van der Waals surface area contributed by atoms with Gasteiger partial charge in [-0.25, -0.2) is 8.42 Å². The molecule has 0 spiro atoms. The van der Waals surface area contributed by atoms with Crippen molar-refractivity contribution in [2.45, 2.75) is 11.8 Å². The minimum Gasteiger partial charge on any atom is -0.494 e. The zero-order chi connectivity index (χ0) is 18.7. The van der Waals surface area contributed by atoms with Crippen LogP contribution in [0.25, 0.3) is 10.9 Å². The van der Waals surface area contributed by atoms with E-state index >= 15 is 0 Å². The number of hydrogen-bond acceptors (Lipinski definition) is 4. The number of fused-ring (bicyclic) bond motifs is 1. The summed E-state index contributed by atoms with van der Waals surface area (Å²) in [5.74, 6) is 0.0440. The van der Waals surface area contributed by atoms with Gasteiger partial charge in [0.2, 0.25) is 0 Å². The van der Waals surface area contributed by atoms with Crippen LogP contribution < -0.4 is 15.0 Å². The predicted octanol–water partition coefficient (Wildman–Crippen LogP) is 2.20. The number of ether oxygens (including phenoxy) is 1. The summed E-state index contributed by atoms with van der Waals surface area (Å²) in [5, 5.41) is 0.743. The van der Waals surface area contributed by atoms with E-state index in [1.54, 1.807) is 18.3 Å².